The average Bonchev–Trinajstić information content (AvgIpc) is 3.16. The van der Waals surface area contributed by atoms with E-state index in [1.54, 1.807) is 4.90 Å². The molecule has 2 aliphatic heterocycles. The maximum Gasteiger partial charge on any atom is 0.435 e. The number of halogens is 6. The Balaban J connectivity index is 1.17. The van der Waals surface area contributed by atoms with Crippen LogP contribution in [0.4, 0.5) is 26.3 Å². The first-order chi connectivity index (χ1) is 16.9. The lowest BCUT2D eigenvalue weighted by Gasteiger charge is -2.48. The molecule has 200 valence electrons. The number of carbonyl (C=O) groups excluding carboxylic acids is 1. The lowest BCUT2D eigenvalue weighted by Crippen LogP contribution is -2.64. The number of H-pyrrole nitrogens is 1. The van der Waals surface area contributed by atoms with Crippen molar-refractivity contribution in [2.24, 2.45) is 0 Å². The molecular weight excluding hydrogens is 500 g/mol. The van der Waals surface area contributed by atoms with Gasteiger partial charge in [0.1, 0.15) is 5.39 Å². The van der Waals surface area contributed by atoms with E-state index in [1.165, 1.54) is 4.90 Å². The summed E-state index contributed by atoms with van der Waals surface area (Å²) in [5, 5.41) is 8.39. The Kier molecular flexibility index (Phi) is 7.56. The minimum atomic E-state index is -4.81. The second-order valence-corrected chi connectivity index (χ2v) is 8.77. The summed E-state index contributed by atoms with van der Waals surface area (Å²) in [6.45, 7) is 1.87. The number of nitrogens with zero attached hydrogens (tertiary/aromatic N) is 6. The van der Waals surface area contributed by atoms with Crippen molar-refractivity contribution in [3.8, 4) is 0 Å². The number of nitrogens with one attached hydrogen (secondary N) is 1. The molecule has 2 aromatic heterocycles. The van der Waals surface area contributed by atoms with Crippen LogP contribution in [0.1, 0.15) is 12.1 Å². The molecule has 4 rings (SSSR count). The summed E-state index contributed by atoms with van der Waals surface area (Å²) in [6.07, 6.45) is -7.85. The predicted octanol–water partition coefficient (Wildman–Crippen LogP) is 0.936. The molecular formula is C20H25F6N7O3. The van der Waals surface area contributed by atoms with Crippen LogP contribution in [0, 0.1) is 0 Å². The molecule has 0 radical (unpaired) electrons. The van der Waals surface area contributed by atoms with Crippen LogP contribution in [0.2, 0.25) is 0 Å². The van der Waals surface area contributed by atoms with Crippen LogP contribution in [-0.4, -0.2) is 112 Å². The molecule has 0 saturated carbocycles. The normalized spacial score (nSPS) is 18.7. The molecule has 36 heavy (non-hydrogen) atoms. The monoisotopic (exact) mass is 525 g/mol. The van der Waals surface area contributed by atoms with Crippen molar-refractivity contribution < 1.29 is 35.9 Å². The van der Waals surface area contributed by atoms with E-state index in [0.717, 1.165) is 10.9 Å². The highest BCUT2D eigenvalue weighted by atomic mass is 19.4. The summed E-state index contributed by atoms with van der Waals surface area (Å²) >= 11 is 0. The Hall–Kier alpha value is -2.72. The van der Waals surface area contributed by atoms with Crippen molar-refractivity contribution in [1.29, 1.82) is 0 Å². The van der Waals surface area contributed by atoms with Crippen molar-refractivity contribution in [1.82, 2.24) is 34.7 Å². The van der Waals surface area contributed by atoms with Crippen LogP contribution < -0.4 is 5.56 Å². The van der Waals surface area contributed by atoms with E-state index < -0.39 is 35.5 Å². The summed E-state index contributed by atoms with van der Waals surface area (Å²) < 4.78 is 83.3. The molecule has 1 amide bonds. The molecule has 10 nitrogen and oxygen atoms in total. The second-order valence-electron chi connectivity index (χ2n) is 8.77. The molecule has 2 saturated heterocycles. The molecule has 0 aromatic carbocycles. The van der Waals surface area contributed by atoms with Gasteiger partial charge in [0, 0.05) is 45.3 Å². The Morgan fingerprint density at radius 3 is 2.42 bits per heavy atom. The van der Waals surface area contributed by atoms with Crippen LogP contribution in [0.3, 0.4) is 0 Å². The maximum atomic E-state index is 13.2. The van der Waals surface area contributed by atoms with Gasteiger partial charge >= 0.3 is 12.4 Å². The van der Waals surface area contributed by atoms with Gasteiger partial charge in [-0.05, 0) is 0 Å². The molecule has 1 N–H and O–H groups in total. The topological polar surface area (TPSA) is 99.6 Å². The molecule has 2 aromatic rings. The highest BCUT2D eigenvalue weighted by molar-refractivity contribution is 5.80. The second kappa shape index (κ2) is 10.3. The van der Waals surface area contributed by atoms with E-state index in [1.807, 2.05) is 5.10 Å². The average molecular weight is 525 g/mol. The van der Waals surface area contributed by atoms with Gasteiger partial charge in [0.25, 0.3) is 5.56 Å². The SMILES string of the molecule is O=C(CCOCCn1nc(C(F)(F)F)c2c(=O)[nH]ncc21)N1CCN(C2CN(CC(F)(F)F)C2)CC1. The highest BCUT2D eigenvalue weighted by Crippen LogP contribution is 2.32. The Morgan fingerprint density at radius 1 is 1.08 bits per heavy atom. The fraction of sp³-hybridized carbons (Fsp3) is 0.700. The van der Waals surface area contributed by atoms with Crippen molar-refractivity contribution >= 4 is 16.8 Å². The van der Waals surface area contributed by atoms with E-state index in [2.05, 4.69) is 15.1 Å². The standard InChI is InChI=1S/C20H25F6N7O3/c21-19(22,23)12-30-10-13(11-30)31-2-4-32(5-3-31)15(34)1-7-36-8-6-33-14-9-27-28-18(35)16(14)17(29-33)20(24,25)26/h9,13H,1-8,10-12H2,(H,28,35). The van der Waals surface area contributed by atoms with E-state index in [0.29, 0.717) is 39.3 Å². The number of amides is 1. The molecule has 0 atom stereocenters. The Bertz CT molecular complexity index is 1120. The predicted molar refractivity (Wildman–Crippen MR) is 113 cm³/mol. The van der Waals surface area contributed by atoms with Gasteiger partial charge in [0.05, 0.1) is 44.4 Å². The zero-order valence-electron chi connectivity index (χ0n) is 19.1. The summed E-state index contributed by atoms with van der Waals surface area (Å²) in [6, 6.07) is 0.0648. The van der Waals surface area contributed by atoms with Crippen molar-refractivity contribution in [3.05, 3.63) is 22.2 Å². The number of ether oxygens (including phenoxy) is 1. The van der Waals surface area contributed by atoms with E-state index in [4.69, 9.17) is 4.74 Å². The molecule has 0 bridgehead atoms. The third kappa shape index (κ3) is 6.15. The number of aromatic nitrogens is 4. The van der Waals surface area contributed by atoms with Gasteiger partial charge in [-0.1, -0.05) is 0 Å². The quantitative estimate of drug-likeness (QED) is 0.405. The Morgan fingerprint density at radius 2 is 1.78 bits per heavy atom. The smallest absolute Gasteiger partial charge is 0.379 e. The largest absolute Gasteiger partial charge is 0.435 e. The number of hydrogen-bond acceptors (Lipinski definition) is 7. The van der Waals surface area contributed by atoms with Crippen LogP contribution in [0.5, 0.6) is 0 Å². The van der Waals surface area contributed by atoms with Gasteiger partial charge in [-0.3, -0.25) is 24.1 Å². The Labute approximate surface area is 200 Å². The van der Waals surface area contributed by atoms with Crippen LogP contribution in [-0.2, 0) is 22.3 Å². The van der Waals surface area contributed by atoms with Crippen molar-refractivity contribution in [2.45, 2.75) is 31.4 Å². The first-order valence-electron chi connectivity index (χ1n) is 11.3. The van der Waals surface area contributed by atoms with E-state index in [9.17, 15) is 35.9 Å². The number of aromatic amines is 1. The molecule has 0 aliphatic carbocycles. The highest BCUT2D eigenvalue weighted by Gasteiger charge is 2.40. The zero-order valence-corrected chi connectivity index (χ0v) is 19.1. The third-order valence-electron chi connectivity index (χ3n) is 6.27. The lowest BCUT2D eigenvalue weighted by molar-refractivity contribution is -0.162. The van der Waals surface area contributed by atoms with Gasteiger partial charge in [-0.2, -0.15) is 36.5 Å². The summed E-state index contributed by atoms with van der Waals surface area (Å²) in [5.74, 6) is -0.137. The van der Waals surface area contributed by atoms with Gasteiger partial charge < -0.3 is 9.64 Å². The molecule has 0 unspecified atom stereocenters. The van der Waals surface area contributed by atoms with Crippen LogP contribution in [0.15, 0.2) is 11.0 Å². The zero-order chi connectivity index (χ0) is 26.1. The number of hydrogen-bond donors (Lipinski definition) is 1. The third-order valence-corrected chi connectivity index (χ3v) is 6.27. The fourth-order valence-electron chi connectivity index (χ4n) is 4.47. The fourth-order valence-corrected chi connectivity index (χ4v) is 4.47. The van der Waals surface area contributed by atoms with E-state index >= 15 is 0 Å². The number of alkyl halides is 6. The molecule has 2 aliphatic rings. The minimum Gasteiger partial charge on any atom is -0.379 e. The molecule has 2 fully saturated rings. The number of likely N-dealkylation sites (tertiary alicyclic amines) is 1. The first-order valence-corrected chi connectivity index (χ1v) is 11.3. The summed E-state index contributed by atoms with van der Waals surface area (Å²) in [4.78, 5) is 29.4. The van der Waals surface area contributed by atoms with E-state index in [-0.39, 0.29) is 43.6 Å². The van der Waals surface area contributed by atoms with Crippen molar-refractivity contribution in [3.63, 3.8) is 0 Å². The lowest BCUT2D eigenvalue weighted by atomic mass is 10.1. The van der Waals surface area contributed by atoms with Gasteiger partial charge in [-0.25, -0.2) is 5.10 Å². The molecule has 0 spiro atoms. The van der Waals surface area contributed by atoms with Gasteiger partial charge in [0.2, 0.25) is 5.91 Å². The summed E-state index contributed by atoms with van der Waals surface area (Å²) in [5.41, 5.74) is -2.37. The number of carbonyl (C=O) groups is 1. The first kappa shape index (κ1) is 26.3. The molecule has 16 heteroatoms. The number of rotatable bonds is 8. The van der Waals surface area contributed by atoms with Gasteiger partial charge in [-0.15, -0.1) is 0 Å². The van der Waals surface area contributed by atoms with Crippen LogP contribution in [0.25, 0.3) is 10.9 Å². The van der Waals surface area contributed by atoms with Crippen LogP contribution >= 0.6 is 0 Å². The van der Waals surface area contributed by atoms with Crippen molar-refractivity contribution in [2.75, 3.05) is 59.0 Å². The minimum absolute atomic E-state index is 0.0297. The number of piperazine rings is 1. The summed E-state index contributed by atoms with van der Waals surface area (Å²) in [7, 11) is 0. The maximum absolute atomic E-state index is 13.2. The van der Waals surface area contributed by atoms with Gasteiger partial charge in [0.15, 0.2) is 5.69 Å². The number of fused-ring (bicyclic) bond motifs is 1. The molecule has 4 heterocycles.